The Bertz CT molecular complexity index is 1290. The summed E-state index contributed by atoms with van der Waals surface area (Å²) >= 11 is 0. The molecule has 0 aliphatic carbocycles. The lowest BCUT2D eigenvalue weighted by Gasteiger charge is -2.08. The van der Waals surface area contributed by atoms with Gasteiger partial charge >= 0.3 is 11.9 Å². The minimum absolute atomic E-state index is 0.321. The summed E-state index contributed by atoms with van der Waals surface area (Å²) in [6.45, 7) is 11.1. The molecule has 186 valence electrons. The highest BCUT2D eigenvalue weighted by molar-refractivity contribution is 5.91. The number of hydrogen-bond acceptors (Lipinski definition) is 7. The number of hydrogen-bond donors (Lipinski definition) is 0. The molecule has 0 saturated carbocycles. The van der Waals surface area contributed by atoms with E-state index in [1.807, 2.05) is 0 Å². The van der Waals surface area contributed by atoms with Crippen molar-refractivity contribution < 1.29 is 23.8 Å². The van der Waals surface area contributed by atoms with Crippen LogP contribution < -0.4 is 9.47 Å². The molecule has 0 bridgehead atoms. The predicted molar refractivity (Wildman–Crippen MR) is 142 cm³/mol. The fourth-order valence-electron chi connectivity index (χ4n) is 2.94. The van der Waals surface area contributed by atoms with Crippen LogP contribution in [0.15, 0.2) is 95.7 Å². The van der Waals surface area contributed by atoms with E-state index in [4.69, 9.17) is 20.8 Å². The zero-order chi connectivity index (χ0) is 26.3. The first-order valence-electron chi connectivity index (χ1n) is 11.5. The van der Waals surface area contributed by atoms with E-state index in [9.17, 15) is 9.59 Å². The largest absolute Gasteiger partial charge is 0.494 e. The molecule has 0 amide bonds. The lowest BCUT2D eigenvalue weighted by atomic mass is 10.2. The van der Waals surface area contributed by atoms with Gasteiger partial charge in [-0.1, -0.05) is 30.8 Å². The van der Waals surface area contributed by atoms with E-state index >= 15 is 0 Å². The molecule has 0 radical (unpaired) electrons. The van der Waals surface area contributed by atoms with E-state index in [0.29, 0.717) is 42.4 Å². The molecule has 0 saturated heterocycles. The third-order valence-electron chi connectivity index (χ3n) is 4.90. The predicted octanol–water partition coefficient (Wildman–Crippen LogP) is 5.80. The Hall–Kier alpha value is -5.03. The molecule has 0 heterocycles. The highest BCUT2D eigenvalue weighted by atomic mass is 16.5. The highest BCUT2D eigenvalue weighted by Crippen LogP contribution is 2.17. The van der Waals surface area contributed by atoms with Crippen molar-refractivity contribution in [3.63, 3.8) is 0 Å². The maximum Gasteiger partial charge on any atom is 0.343 e. The molecule has 0 aliphatic rings. The summed E-state index contributed by atoms with van der Waals surface area (Å²) in [6, 6.07) is 20.6. The topological polar surface area (TPSA) is 90.9 Å². The van der Waals surface area contributed by atoms with Crippen LogP contribution in [0.4, 0.5) is 5.69 Å². The Morgan fingerprint density at radius 3 is 1.97 bits per heavy atom. The van der Waals surface area contributed by atoms with Crippen molar-refractivity contribution in [3.8, 4) is 11.5 Å². The minimum Gasteiger partial charge on any atom is -0.494 e. The Labute approximate surface area is 215 Å². The average molecular weight is 496 g/mol. The first kappa shape index (κ1) is 26.6. The van der Waals surface area contributed by atoms with Crippen LogP contribution in [0.25, 0.3) is 4.85 Å². The fraction of sp³-hybridized carbons (Fsp3) is 0.138. The smallest absolute Gasteiger partial charge is 0.343 e. The van der Waals surface area contributed by atoms with E-state index in [1.54, 1.807) is 85.2 Å². The summed E-state index contributed by atoms with van der Waals surface area (Å²) in [4.78, 5) is 26.7. The molecular weight excluding hydrogens is 470 g/mol. The van der Waals surface area contributed by atoms with Gasteiger partial charge in [-0.2, -0.15) is 10.2 Å². The van der Waals surface area contributed by atoms with Gasteiger partial charge in [-0.15, -0.1) is 0 Å². The van der Waals surface area contributed by atoms with E-state index in [-0.39, 0.29) is 0 Å². The number of carbonyl (C=O) groups excluding carboxylic acids is 2. The molecule has 8 heteroatoms. The maximum atomic E-state index is 12.4. The third kappa shape index (κ3) is 9.26. The summed E-state index contributed by atoms with van der Waals surface area (Å²) in [6.07, 6.45) is 5.72. The molecule has 0 atom stereocenters. The van der Waals surface area contributed by atoms with Crippen molar-refractivity contribution in [1.82, 2.24) is 0 Å². The van der Waals surface area contributed by atoms with E-state index in [2.05, 4.69) is 21.6 Å². The van der Waals surface area contributed by atoms with Crippen molar-refractivity contribution in [3.05, 3.63) is 114 Å². The normalized spacial score (nSPS) is 10.7. The average Bonchev–Trinajstić information content (AvgIpc) is 2.94. The number of rotatable bonds is 12. The number of ether oxygens (including phenoxy) is 3. The number of nitrogens with zero attached hydrogens (tertiary/aromatic N) is 3. The van der Waals surface area contributed by atoms with Crippen LogP contribution >= 0.6 is 0 Å². The van der Waals surface area contributed by atoms with Crippen molar-refractivity contribution in [2.24, 2.45) is 10.2 Å². The van der Waals surface area contributed by atoms with Crippen LogP contribution in [-0.4, -0.2) is 37.6 Å². The molecule has 0 unspecified atom stereocenters. The molecule has 8 nitrogen and oxygen atoms in total. The number of unbranched alkanes of at least 4 members (excludes halogenated alkanes) is 1. The van der Waals surface area contributed by atoms with E-state index < -0.39 is 11.9 Å². The molecule has 3 aromatic rings. The molecule has 37 heavy (non-hydrogen) atoms. The van der Waals surface area contributed by atoms with Crippen LogP contribution in [-0.2, 0) is 9.53 Å². The summed E-state index contributed by atoms with van der Waals surface area (Å²) < 4.78 is 16.0. The monoisotopic (exact) mass is 495 g/mol. The Morgan fingerprint density at radius 2 is 1.38 bits per heavy atom. The van der Waals surface area contributed by atoms with Gasteiger partial charge in [0.2, 0.25) is 0 Å². The number of benzene rings is 3. The Balaban J connectivity index is 1.42. The first-order valence-corrected chi connectivity index (χ1v) is 11.5. The van der Waals surface area contributed by atoms with Crippen molar-refractivity contribution >= 4 is 30.1 Å². The van der Waals surface area contributed by atoms with Crippen molar-refractivity contribution in [1.29, 1.82) is 0 Å². The van der Waals surface area contributed by atoms with Gasteiger partial charge < -0.3 is 14.2 Å². The van der Waals surface area contributed by atoms with Gasteiger partial charge in [-0.05, 0) is 72.5 Å². The highest BCUT2D eigenvalue weighted by Gasteiger charge is 2.09. The molecule has 0 spiro atoms. The molecule has 0 fully saturated rings. The summed E-state index contributed by atoms with van der Waals surface area (Å²) in [5.41, 5.74) is 2.60. The van der Waals surface area contributed by atoms with Gasteiger partial charge in [0, 0.05) is 6.08 Å². The number of carbonyl (C=O) groups is 2. The maximum absolute atomic E-state index is 12.4. The number of esters is 2. The Kier molecular flexibility index (Phi) is 10.3. The zero-order valence-corrected chi connectivity index (χ0v) is 20.1. The Morgan fingerprint density at radius 1 is 0.811 bits per heavy atom. The van der Waals surface area contributed by atoms with Crippen molar-refractivity contribution in [2.75, 3.05) is 13.2 Å². The summed E-state index contributed by atoms with van der Waals surface area (Å²) in [5, 5.41) is 8.01. The molecule has 3 aromatic carbocycles. The summed E-state index contributed by atoms with van der Waals surface area (Å²) in [7, 11) is 0. The van der Waals surface area contributed by atoms with Crippen molar-refractivity contribution in [2.45, 2.75) is 12.8 Å². The van der Waals surface area contributed by atoms with Crippen LogP contribution in [0, 0.1) is 6.57 Å². The second-order valence-electron chi connectivity index (χ2n) is 7.60. The zero-order valence-electron chi connectivity index (χ0n) is 20.1. The van der Waals surface area contributed by atoms with Gasteiger partial charge in [0.05, 0.1) is 37.8 Å². The molecule has 0 aliphatic heterocycles. The van der Waals surface area contributed by atoms with Gasteiger partial charge in [-0.25, -0.2) is 14.4 Å². The molecule has 0 N–H and O–H groups in total. The quantitative estimate of drug-likeness (QED) is 0.0603. The van der Waals surface area contributed by atoms with E-state index in [0.717, 1.165) is 23.6 Å². The van der Waals surface area contributed by atoms with Crippen LogP contribution in [0.1, 0.15) is 34.3 Å². The second kappa shape index (κ2) is 14.4. The van der Waals surface area contributed by atoms with Crippen LogP contribution in [0.5, 0.6) is 11.5 Å². The van der Waals surface area contributed by atoms with Gasteiger partial charge in [0.15, 0.2) is 5.69 Å². The van der Waals surface area contributed by atoms with Crippen LogP contribution in [0.2, 0.25) is 0 Å². The third-order valence-corrected chi connectivity index (χ3v) is 4.90. The second-order valence-corrected chi connectivity index (χ2v) is 7.60. The molecule has 0 aromatic heterocycles. The standard InChI is InChI=1S/C29H25N3O5/c1-3-28(33)36-19-5-4-18-35-26-16-10-24(11-17-26)29(34)37-27-14-8-23(9-15-27)21-32-31-20-22-6-12-25(30-2)13-7-22/h3,6-17,20-21H,1,4-5,18-19H2/b31-20+,32-21+. The molecule has 3 rings (SSSR count). The first-order chi connectivity index (χ1) is 18.1. The fourth-order valence-corrected chi connectivity index (χ4v) is 2.94. The van der Waals surface area contributed by atoms with Crippen LogP contribution in [0.3, 0.4) is 0 Å². The lowest BCUT2D eigenvalue weighted by Crippen LogP contribution is -2.08. The molecular formula is C29H25N3O5. The van der Waals surface area contributed by atoms with E-state index in [1.165, 1.54) is 0 Å². The van der Waals surface area contributed by atoms with Gasteiger partial charge in [-0.3, -0.25) is 0 Å². The SMILES string of the molecule is [C-]#[N+]c1ccc(/C=N/N=C/c2ccc(OC(=O)c3ccc(OCCCCOC(=O)C=C)cc3)cc2)cc1. The summed E-state index contributed by atoms with van der Waals surface area (Å²) in [5.74, 6) is 0.121. The van der Waals surface area contributed by atoms with Gasteiger partial charge in [0.1, 0.15) is 11.5 Å². The lowest BCUT2D eigenvalue weighted by molar-refractivity contribution is -0.137. The minimum atomic E-state index is -0.481. The van der Waals surface area contributed by atoms with Gasteiger partial charge in [0.25, 0.3) is 0 Å².